The number of methoxy groups -OCH3 is 1. The van der Waals surface area contributed by atoms with E-state index in [2.05, 4.69) is 30.4 Å². The summed E-state index contributed by atoms with van der Waals surface area (Å²) in [7, 11) is 1.64. The molecule has 3 aromatic rings. The van der Waals surface area contributed by atoms with Crippen molar-refractivity contribution in [3.8, 4) is 11.5 Å². The maximum Gasteiger partial charge on any atom is 0.253 e. The van der Waals surface area contributed by atoms with E-state index in [9.17, 15) is 9.59 Å². The Bertz CT molecular complexity index is 1240. The molecule has 3 aromatic carbocycles. The second-order valence-electron chi connectivity index (χ2n) is 9.00. The van der Waals surface area contributed by atoms with Crippen LogP contribution in [-0.2, 0) is 16.1 Å². The van der Waals surface area contributed by atoms with Crippen molar-refractivity contribution >= 4 is 28.3 Å². The predicted molar refractivity (Wildman–Crippen MR) is 134 cm³/mol. The Morgan fingerprint density at radius 2 is 2.00 bits per heavy atom. The second kappa shape index (κ2) is 9.75. The normalized spacial score (nSPS) is 16.4. The summed E-state index contributed by atoms with van der Waals surface area (Å²) in [5, 5.41) is 5.03. The van der Waals surface area contributed by atoms with E-state index in [1.165, 1.54) is 0 Å². The SMILES string of the molecule is CC[C@@H](C)C(=O)N[C@H]1COc2c(C)cccc2N(Cc2c(OC)ccc3cc(C)ccc23)C1=O. The first-order valence-corrected chi connectivity index (χ1v) is 11.7. The third-order valence-electron chi connectivity index (χ3n) is 6.60. The standard InChI is InChI=1S/C28H32N2O4/c1-6-18(3)27(31)29-23-16-34-26-19(4)8-7-9-24(26)30(28(23)32)15-22-21-12-10-17(2)14-20(21)11-13-25(22)33-5/h7-14,18,23H,6,15-16H2,1-5H3,(H,29,31)/t18-,23+/m1/s1. The first kappa shape index (κ1) is 23.6. The van der Waals surface area contributed by atoms with E-state index >= 15 is 0 Å². The zero-order valence-corrected chi connectivity index (χ0v) is 20.5. The van der Waals surface area contributed by atoms with Gasteiger partial charge in [-0.3, -0.25) is 9.59 Å². The molecule has 0 fully saturated rings. The van der Waals surface area contributed by atoms with Gasteiger partial charge in [0.05, 0.1) is 19.3 Å². The number of ether oxygens (including phenoxy) is 2. The second-order valence-corrected chi connectivity index (χ2v) is 9.00. The van der Waals surface area contributed by atoms with Crippen LogP contribution in [0.2, 0.25) is 0 Å². The lowest BCUT2D eigenvalue weighted by Gasteiger charge is -2.27. The summed E-state index contributed by atoms with van der Waals surface area (Å²) in [5.74, 6) is 0.836. The summed E-state index contributed by atoms with van der Waals surface area (Å²) < 4.78 is 11.8. The average Bonchev–Trinajstić information content (AvgIpc) is 2.96. The van der Waals surface area contributed by atoms with E-state index in [0.717, 1.165) is 27.5 Å². The van der Waals surface area contributed by atoms with Gasteiger partial charge in [-0.1, -0.05) is 55.8 Å². The molecule has 0 unspecified atom stereocenters. The molecule has 1 aliphatic rings. The summed E-state index contributed by atoms with van der Waals surface area (Å²) >= 11 is 0. The lowest BCUT2D eigenvalue weighted by molar-refractivity contribution is -0.130. The van der Waals surface area contributed by atoms with Crippen LogP contribution in [-0.4, -0.2) is 31.6 Å². The van der Waals surface area contributed by atoms with Crippen molar-refractivity contribution in [3.63, 3.8) is 0 Å². The van der Waals surface area contributed by atoms with E-state index < -0.39 is 6.04 Å². The van der Waals surface area contributed by atoms with Crippen molar-refractivity contribution in [2.45, 2.75) is 46.7 Å². The Labute approximate surface area is 200 Å². The molecule has 178 valence electrons. The number of carbonyl (C=O) groups excluding carboxylic acids is 2. The van der Waals surface area contributed by atoms with E-state index in [0.29, 0.717) is 23.6 Å². The minimum atomic E-state index is -0.781. The average molecular weight is 461 g/mol. The highest BCUT2D eigenvalue weighted by Crippen LogP contribution is 2.38. The summed E-state index contributed by atoms with van der Waals surface area (Å²) in [5.41, 5.74) is 3.70. The molecule has 1 N–H and O–H groups in total. The van der Waals surface area contributed by atoms with Crippen LogP contribution in [0.15, 0.2) is 48.5 Å². The fraction of sp³-hybridized carbons (Fsp3) is 0.357. The number of hydrogen-bond acceptors (Lipinski definition) is 4. The van der Waals surface area contributed by atoms with Crippen LogP contribution < -0.4 is 19.7 Å². The van der Waals surface area contributed by atoms with E-state index in [4.69, 9.17) is 9.47 Å². The Balaban J connectivity index is 1.80. The van der Waals surface area contributed by atoms with Crippen LogP contribution in [0.3, 0.4) is 0 Å². The van der Waals surface area contributed by atoms with Crippen LogP contribution in [0.5, 0.6) is 11.5 Å². The number of amides is 2. The highest BCUT2D eigenvalue weighted by Gasteiger charge is 2.34. The molecule has 0 bridgehead atoms. The summed E-state index contributed by atoms with van der Waals surface area (Å²) in [6, 6.07) is 15.2. The number of hydrogen-bond donors (Lipinski definition) is 1. The summed E-state index contributed by atoms with van der Waals surface area (Å²) in [6.07, 6.45) is 0.698. The summed E-state index contributed by atoms with van der Waals surface area (Å²) in [6.45, 7) is 8.20. The van der Waals surface area contributed by atoms with Gasteiger partial charge < -0.3 is 19.7 Å². The van der Waals surface area contributed by atoms with Gasteiger partial charge in [-0.2, -0.15) is 0 Å². The quantitative estimate of drug-likeness (QED) is 0.567. The van der Waals surface area contributed by atoms with Gasteiger partial charge in [0.15, 0.2) is 0 Å². The van der Waals surface area contributed by atoms with Gasteiger partial charge in [0.25, 0.3) is 5.91 Å². The van der Waals surface area contributed by atoms with Crippen molar-refractivity contribution in [1.29, 1.82) is 0 Å². The largest absolute Gasteiger partial charge is 0.496 e. The van der Waals surface area contributed by atoms with Gasteiger partial charge in [-0.05, 0) is 48.7 Å². The van der Waals surface area contributed by atoms with Gasteiger partial charge in [-0.15, -0.1) is 0 Å². The number of nitrogens with one attached hydrogen (secondary N) is 1. The molecule has 4 rings (SSSR count). The molecule has 0 saturated carbocycles. The molecule has 1 aliphatic heterocycles. The highest BCUT2D eigenvalue weighted by molar-refractivity contribution is 6.02. The number of aryl methyl sites for hydroxylation is 2. The molecule has 0 aliphatic carbocycles. The maximum atomic E-state index is 13.9. The Morgan fingerprint density at radius 1 is 1.21 bits per heavy atom. The number of para-hydroxylation sites is 1. The van der Waals surface area contributed by atoms with Crippen molar-refractivity contribution in [2.24, 2.45) is 5.92 Å². The fourth-order valence-electron chi connectivity index (χ4n) is 4.35. The monoisotopic (exact) mass is 460 g/mol. The predicted octanol–water partition coefficient (Wildman–Crippen LogP) is 4.92. The third-order valence-corrected chi connectivity index (χ3v) is 6.60. The lowest BCUT2D eigenvalue weighted by atomic mass is 10.0. The molecule has 0 radical (unpaired) electrons. The number of fused-ring (bicyclic) bond motifs is 2. The van der Waals surface area contributed by atoms with E-state index in [1.807, 2.05) is 51.1 Å². The molecule has 34 heavy (non-hydrogen) atoms. The van der Waals surface area contributed by atoms with Crippen LogP contribution in [0.4, 0.5) is 5.69 Å². The van der Waals surface area contributed by atoms with Crippen LogP contribution in [0, 0.1) is 19.8 Å². The molecule has 6 nitrogen and oxygen atoms in total. The van der Waals surface area contributed by atoms with Crippen molar-refractivity contribution in [1.82, 2.24) is 5.32 Å². The number of benzene rings is 3. The van der Waals surface area contributed by atoms with Gasteiger partial charge in [0.1, 0.15) is 24.1 Å². The molecule has 0 spiro atoms. The fourth-order valence-corrected chi connectivity index (χ4v) is 4.35. The maximum absolute atomic E-state index is 13.9. The molecule has 0 saturated heterocycles. The summed E-state index contributed by atoms with van der Waals surface area (Å²) in [4.78, 5) is 28.2. The van der Waals surface area contributed by atoms with Crippen molar-refractivity contribution in [2.75, 3.05) is 18.6 Å². The zero-order chi connectivity index (χ0) is 24.4. The molecule has 1 heterocycles. The van der Waals surface area contributed by atoms with Gasteiger partial charge in [0.2, 0.25) is 5.91 Å². The first-order chi connectivity index (χ1) is 16.3. The van der Waals surface area contributed by atoms with Gasteiger partial charge >= 0.3 is 0 Å². The molecular weight excluding hydrogens is 428 g/mol. The van der Waals surface area contributed by atoms with Crippen LogP contribution in [0.25, 0.3) is 10.8 Å². The van der Waals surface area contributed by atoms with Crippen molar-refractivity contribution in [3.05, 3.63) is 65.2 Å². The Morgan fingerprint density at radius 3 is 2.74 bits per heavy atom. The Kier molecular flexibility index (Phi) is 6.77. The van der Waals surface area contributed by atoms with Gasteiger partial charge in [-0.25, -0.2) is 0 Å². The topological polar surface area (TPSA) is 67.9 Å². The number of nitrogens with zero attached hydrogens (tertiary/aromatic N) is 1. The minimum absolute atomic E-state index is 0.0846. The lowest BCUT2D eigenvalue weighted by Crippen LogP contribution is -2.51. The Hall–Kier alpha value is -3.54. The zero-order valence-electron chi connectivity index (χ0n) is 20.5. The number of rotatable bonds is 6. The van der Waals surface area contributed by atoms with Gasteiger partial charge in [0, 0.05) is 11.5 Å². The van der Waals surface area contributed by atoms with Crippen LogP contribution in [0.1, 0.15) is 37.0 Å². The molecule has 2 atom stereocenters. The first-order valence-electron chi connectivity index (χ1n) is 11.7. The third kappa shape index (κ3) is 4.45. The van der Waals surface area contributed by atoms with Crippen molar-refractivity contribution < 1.29 is 19.1 Å². The minimum Gasteiger partial charge on any atom is -0.496 e. The van der Waals surface area contributed by atoms with E-state index in [1.54, 1.807) is 12.0 Å². The molecule has 0 aromatic heterocycles. The number of anilines is 1. The molecule has 2 amide bonds. The van der Waals surface area contributed by atoms with Crippen LogP contribution >= 0.6 is 0 Å². The number of carbonyl (C=O) groups is 2. The smallest absolute Gasteiger partial charge is 0.253 e. The van der Waals surface area contributed by atoms with E-state index in [-0.39, 0.29) is 30.9 Å². The molecule has 6 heteroatoms. The molecular formula is C28H32N2O4. The highest BCUT2D eigenvalue weighted by atomic mass is 16.5.